The molecule has 1 amide bonds. The zero-order valence-corrected chi connectivity index (χ0v) is 17.6. The summed E-state index contributed by atoms with van der Waals surface area (Å²) < 4.78 is 1.18. The maximum Gasteiger partial charge on any atom is 0.275 e. The van der Waals surface area contributed by atoms with Gasteiger partial charge in [0.05, 0.1) is 11.6 Å². The van der Waals surface area contributed by atoms with Crippen molar-refractivity contribution < 1.29 is 4.79 Å². The van der Waals surface area contributed by atoms with E-state index in [1.54, 1.807) is 30.1 Å². The molecule has 1 N–H and O–H groups in total. The number of carbonyl (C=O) groups excluding carboxylic acids is 1. The van der Waals surface area contributed by atoms with Crippen LogP contribution >= 0.6 is 11.8 Å². The van der Waals surface area contributed by atoms with E-state index in [9.17, 15) is 9.59 Å². The van der Waals surface area contributed by atoms with E-state index in [4.69, 9.17) is 0 Å². The van der Waals surface area contributed by atoms with Gasteiger partial charge in [0.15, 0.2) is 0 Å². The van der Waals surface area contributed by atoms with Crippen LogP contribution in [0.1, 0.15) is 11.1 Å². The Kier molecular flexibility index (Phi) is 5.68. The fourth-order valence-electron chi connectivity index (χ4n) is 3.13. The standard InChI is InChI=1S/C24H21N3O2S/c1-16-7-8-17(2)22(13-16)30-20-11-9-19(10-12-20)26-23(28)15-27-24(29)21-6-4-3-5-18(21)14-25-27/h3-14H,15H2,1-2H3,(H,26,28). The Labute approximate surface area is 178 Å². The van der Waals surface area contributed by atoms with Crippen LogP contribution in [0.2, 0.25) is 0 Å². The van der Waals surface area contributed by atoms with Gasteiger partial charge in [-0.15, -0.1) is 0 Å². The van der Waals surface area contributed by atoms with Gasteiger partial charge in [0.1, 0.15) is 6.54 Å². The predicted molar refractivity (Wildman–Crippen MR) is 121 cm³/mol. The average molecular weight is 416 g/mol. The van der Waals surface area contributed by atoms with E-state index in [2.05, 4.69) is 42.5 Å². The van der Waals surface area contributed by atoms with Crippen LogP contribution in [0.5, 0.6) is 0 Å². The van der Waals surface area contributed by atoms with Gasteiger partial charge in [-0.1, -0.05) is 42.1 Å². The first-order chi connectivity index (χ1) is 14.5. The Morgan fingerprint density at radius 1 is 1.03 bits per heavy atom. The lowest BCUT2D eigenvalue weighted by Gasteiger charge is -2.09. The number of aromatic nitrogens is 2. The Morgan fingerprint density at radius 2 is 1.80 bits per heavy atom. The fraction of sp³-hybridized carbons (Fsp3) is 0.125. The van der Waals surface area contributed by atoms with Crippen LogP contribution in [0.3, 0.4) is 0 Å². The van der Waals surface area contributed by atoms with Crippen molar-refractivity contribution in [1.29, 1.82) is 0 Å². The zero-order chi connectivity index (χ0) is 21.1. The largest absolute Gasteiger partial charge is 0.324 e. The Morgan fingerprint density at radius 3 is 2.60 bits per heavy atom. The minimum Gasteiger partial charge on any atom is -0.324 e. The average Bonchev–Trinajstić information content (AvgIpc) is 2.74. The lowest BCUT2D eigenvalue weighted by atomic mass is 10.2. The maximum atomic E-state index is 12.5. The summed E-state index contributed by atoms with van der Waals surface area (Å²) in [6, 6.07) is 21.3. The molecule has 0 unspecified atom stereocenters. The molecule has 1 heterocycles. The maximum absolute atomic E-state index is 12.5. The van der Waals surface area contributed by atoms with Crippen LogP contribution in [0.15, 0.2) is 87.5 Å². The molecule has 0 aliphatic rings. The molecule has 0 atom stereocenters. The predicted octanol–water partition coefficient (Wildman–Crippen LogP) is 4.80. The van der Waals surface area contributed by atoms with Crippen LogP contribution in [0, 0.1) is 13.8 Å². The summed E-state index contributed by atoms with van der Waals surface area (Å²) in [4.78, 5) is 27.2. The third-order valence-electron chi connectivity index (χ3n) is 4.76. The molecule has 30 heavy (non-hydrogen) atoms. The molecular formula is C24H21N3O2S. The second-order valence-electron chi connectivity index (χ2n) is 7.14. The first-order valence-corrected chi connectivity index (χ1v) is 10.4. The van der Waals surface area contributed by atoms with Gasteiger partial charge in [-0.25, -0.2) is 4.68 Å². The number of hydrogen-bond acceptors (Lipinski definition) is 4. The Balaban J connectivity index is 1.43. The van der Waals surface area contributed by atoms with Crippen LogP contribution in [0.25, 0.3) is 10.8 Å². The van der Waals surface area contributed by atoms with Crippen molar-refractivity contribution in [3.63, 3.8) is 0 Å². The lowest BCUT2D eigenvalue weighted by Crippen LogP contribution is -2.29. The molecule has 3 aromatic carbocycles. The minimum atomic E-state index is -0.296. The number of aryl methyl sites for hydroxylation is 2. The smallest absolute Gasteiger partial charge is 0.275 e. The van der Waals surface area contributed by atoms with Crippen molar-refractivity contribution in [3.05, 3.63) is 94.4 Å². The highest BCUT2D eigenvalue weighted by atomic mass is 32.2. The molecule has 0 radical (unpaired) electrons. The van der Waals surface area contributed by atoms with Gasteiger partial charge < -0.3 is 5.32 Å². The molecule has 0 aliphatic heterocycles. The number of carbonyl (C=O) groups is 1. The Bertz CT molecular complexity index is 1280. The van der Waals surface area contributed by atoms with E-state index in [0.717, 1.165) is 10.3 Å². The van der Waals surface area contributed by atoms with Gasteiger partial charge in [-0.2, -0.15) is 5.10 Å². The molecule has 6 heteroatoms. The van der Waals surface area contributed by atoms with Crippen molar-refractivity contribution in [2.75, 3.05) is 5.32 Å². The molecule has 4 aromatic rings. The quantitative estimate of drug-likeness (QED) is 0.508. The van der Waals surface area contributed by atoms with Gasteiger partial charge in [0.25, 0.3) is 5.56 Å². The highest BCUT2D eigenvalue weighted by Crippen LogP contribution is 2.31. The number of hydrogen-bond donors (Lipinski definition) is 1. The summed E-state index contributed by atoms with van der Waals surface area (Å²) in [6.45, 7) is 4.04. The van der Waals surface area contributed by atoms with E-state index in [-0.39, 0.29) is 18.0 Å². The third kappa shape index (κ3) is 4.44. The van der Waals surface area contributed by atoms with Crippen LogP contribution < -0.4 is 10.9 Å². The molecule has 0 aliphatic carbocycles. The highest BCUT2D eigenvalue weighted by molar-refractivity contribution is 7.99. The summed E-state index contributed by atoms with van der Waals surface area (Å²) in [5.74, 6) is -0.296. The van der Waals surface area contributed by atoms with Crippen molar-refractivity contribution in [1.82, 2.24) is 9.78 Å². The molecule has 1 aromatic heterocycles. The monoisotopic (exact) mass is 415 g/mol. The SMILES string of the molecule is Cc1ccc(C)c(Sc2ccc(NC(=O)Cn3ncc4ccccc4c3=O)cc2)c1. The summed E-state index contributed by atoms with van der Waals surface area (Å²) >= 11 is 1.69. The molecule has 0 saturated carbocycles. The van der Waals surface area contributed by atoms with Crippen LogP contribution in [-0.2, 0) is 11.3 Å². The van der Waals surface area contributed by atoms with Crippen molar-refractivity contribution in [2.45, 2.75) is 30.2 Å². The molecule has 4 rings (SSSR count). The van der Waals surface area contributed by atoms with Crippen LogP contribution in [0.4, 0.5) is 5.69 Å². The third-order valence-corrected chi connectivity index (χ3v) is 5.93. The Hall–Kier alpha value is -3.38. The molecule has 5 nitrogen and oxygen atoms in total. The topological polar surface area (TPSA) is 64.0 Å². The summed E-state index contributed by atoms with van der Waals surface area (Å²) in [5, 5.41) is 8.24. The summed E-state index contributed by atoms with van der Waals surface area (Å²) in [6.07, 6.45) is 1.60. The fourth-order valence-corrected chi connectivity index (χ4v) is 4.13. The van der Waals surface area contributed by atoms with E-state index in [1.807, 2.05) is 36.4 Å². The number of nitrogens with zero attached hydrogens (tertiary/aromatic N) is 2. The molecule has 0 bridgehead atoms. The number of amides is 1. The normalized spacial score (nSPS) is 10.9. The van der Waals surface area contributed by atoms with Gasteiger partial charge in [0, 0.05) is 20.9 Å². The number of nitrogens with one attached hydrogen (secondary N) is 1. The van der Waals surface area contributed by atoms with Gasteiger partial charge in [-0.3, -0.25) is 9.59 Å². The van der Waals surface area contributed by atoms with E-state index >= 15 is 0 Å². The lowest BCUT2D eigenvalue weighted by molar-refractivity contribution is -0.117. The molecule has 150 valence electrons. The number of anilines is 1. The van der Waals surface area contributed by atoms with Crippen LogP contribution in [-0.4, -0.2) is 15.7 Å². The molecular weight excluding hydrogens is 394 g/mol. The number of rotatable bonds is 5. The van der Waals surface area contributed by atoms with Crippen molar-refractivity contribution in [3.8, 4) is 0 Å². The van der Waals surface area contributed by atoms with E-state index in [0.29, 0.717) is 11.1 Å². The van der Waals surface area contributed by atoms with E-state index in [1.165, 1.54) is 20.7 Å². The molecule has 0 fully saturated rings. The van der Waals surface area contributed by atoms with Gasteiger partial charge in [-0.05, 0) is 61.4 Å². The second kappa shape index (κ2) is 8.55. The van der Waals surface area contributed by atoms with Crippen molar-refractivity contribution in [2.24, 2.45) is 0 Å². The summed E-state index contributed by atoms with van der Waals surface area (Å²) in [5.41, 5.74) is 2.86. The first kappa shape index (κ1) is 19.9. The second-order valence-corrected chi connectivity index (χ2v) is 8.25. The summed E-state index contributed by atoms with van der Waals surface area (Å²) in [7, 11) is 0. The highest BCUT2D eigenvalue weighted by Gasteiger charge is 2.09. The number of fused-ring (bicyclic) bond motifs is 1. The zero-order valence-electron chi connectivity index (χ0n) is 16.8. The molecule has 0 saturated heterocycles. The first-order valence-electron chi connectivity index (χ1n) is 9.59. The minimum absolute atomic E-state index is 0.136. The van der Waals surface area contributed by atoms with Crippen molar-refractivity contribution >= 4 is 34.1 Å². The van der Waals surface area contributed by atoms with E-state index < -0.39 is 0 Å². The number of benzene rings is 3. The molecule has 0 spiro atoms. The van der Waals surface area contributed by atoms with Gasteiger partial charge in [0.2, 0.25) is 5.91 Å². The van der Waals surface area contributed by atoms with Gasteiger partial charge >= 0.3 is 0 Å².